The van der Waals surface area contributed by atoms with Gasteiger partial charge in [-0.25, -0.2) is 14.6 Å². The number of hydrogen-bond donors (Lipinski definition) is 0. The number of aromatic nitrogens is 2. The Morgan fingerprint density at radius 1 is 0.744 bits per heavy atom. The number of alkyl halides is 4. The zero-order chi connectivity index (χ0) is 30.8. The molecule has 0 unspecified atom stereocenters. The predicted octanol–water partition coefficient (Wildman–Crippen LogP) is 7.39. The van der Waals surface area contributed by atoms with Gasteiger partial charge in [-0.3, -0.25) is 4.98 Å². The number of methoxy groups -OCH3 is 2. The highest BCUT2D eigenvalue weighted by Crippen LogP contribution is 2.40. The van der Waals surface area contributed by atoms with Crippen molar-refractivity contribution in [1.29, 1.82) is 0 Å². The van der Waals surface area contributed by atoms with E-state index in [9.17, 15) is 27.2 Å². The SMILES string of the molecule is COC(=O)c1ccc(OC(F)F)c2oc3ccnc(Cl)c3c12.COC(=O)c1ccc(OC(F)F)c2oc3ccncc3c12. The van der Waals surface area contributed by atoms with Gasteiger partial charge < -0.3 is 27.8 Å². The molecule has 43 heavy (non-hydrogen) atoms. The van der Waals surface area contributed by atoms with Crippen molar-refractivity contribution in [3.8, 4) is 11.5 Å². The van der Waals surface area contributed by atoms with Gasteiger partial charge in [-0.1, -0.05) is 11.6 Å². The Morgan fingerprint density at radius 2 is 1.28 bits per heavy atom. The topological polar surface area (TPSA) is 123 Å². The van der Waals surface area contributed by atoms with E-state index in [4.69, 9.17) is 29.9 Å². The summed E-state index contributed by atoms with van der Waals surface area (Å²) in [5, 5.41) is 1.49. The number of ether oxygens (including phenoxy) is 4. The molecule has 6 rings (SSSR count). The number of esters is 2. The van der Waals surface area contributed by atoms with Crippen molar-refractivity contribution in [3.05, 3.63) is 71.3 Å². The van der Waals surface area contributed by atoms with Crippen molar-refractivity contribution in [2.75, 3.05) is 14.2 Å². The summed E-state index contributed by atoms with van der Waals surface area (Å²) in [6.45, 7) is -6.03. The standard InChI is InChI=1S/C14H8ClF2NO4.C14H9F2NO4/c1-20-13(19)6-2-3-8(22-14(16)17)11-9(6)10-7(21-11)4-5-18-12(10)15;1-19-13(18)7-2-3-10(21-14(15)16)12-11(7)8-6-17-5-4-9(8)20-12/h2-5,14H,1H3;2-6,14H,1H3. The van der Waals surface area contributed by atoms with Crippen LogP contribution in [-0.2, 0) is 9.47 Å². The van der Waals surface area contributed by atoms with Crippen LogP contribution in [0.25, 0.3) is 43.9 Å². The molecule has 222 valence electrons. The molecule has 0 saturated heterocycles. The number of carbonyl (C=O) groups is 2. The van der Waals surface area contributed by atoms with E-state index < -0.39 is 25.2 Å². The van der Waals surface area contributed by atoms with Crippen LogP contribution in [0.4, 0.5) is 17.6 Å². The van der Waals surface area contributed by atoms with Crippen LogP contribution in [0.15, 0.2) is 63.8 Å². The van der Waals surface area contributed by atoms with Crippen molar-refractivity contribution in [2.24, 2.45) is 0 Å². The van der Waals surface area contributed by atoms with E-state index in [0.717, 1.165) is 0 Å². The van der Waals surface area contributed by atoms with Crippen LogP contribution in [0, 0.1) is 0 Å². The molecule has 10 nitrogen and oxygen atoms in total. The van der Waals surface area contributed by atoms with E-state index in [1.54, 1.807) is 6.07 Å². The molecule has 0 aliphatic carbocycles. The summed E-state index contributed by atoms with van der Waals surface area (Å²) in [5.74, 6) is -1.61. The third-order valence-corrected chi connectivity index (χ3v) is 6.36. The Hall–Kier alpha value is -5.11. The summed E-state index contributed by atoms with van der Waals surface area (Å²) < 4.78 is 79.2. The lowest BCUT2D eigenvalue weighted by atomic mass is 10.1. The molecule has 4 aromatic heterocycles. The molecule has 2 aromatic carbocycles. The van der Waals surface area contributed by atoms with Gasteiger partial charge in [0, 0.05) is 34.7 Å². The summed E-state index contributed by atoms with van der Waals surface area (Å²) in [5.41, 5.74) is 1.06. The van der Waals surface area contributed by atoms with E-state index in [-0.39, 0.29) is 44.3 Å². The molecule has 0 atom stereocenters. The molecule has 0 aliphatic rings. The second-order valence-electron chi connectivity index (χ2n) is 8.42. The van der Waals surface area contributed by atoms with Crippen LogP contribution in [0.1, 0.15) is 20.7 Å². The third-order valence-electron chi connectivity index (χ3n) is 6.08. The van der Waals surface area contributed by atoms with Gasteiger partial charge in [0.1, 0.15) is 16.3 Å². The Kier molecular flexibility index (Phi) is 8.21. The number of furan rings is 2. The molecule has 0 bridgehead atoms. The van der Waals surface area contributed by atoms with Gasteiger partial charge in [0.15, 0.2) is 22.7 Å². The Balaban J connectivity index is 0.000000171. The normalized spacial score (nSPS) is 11.3. The lowest BCUT2D eigenvalue weighted by molar-refractivity contribution is -0.0500. The van der Waals surface area contributed by atoms with Crippen LogP contribution in [0.2, 0.25) is 5.15 Å². The molecule has 0 amide bonds. The van der Waals surface area contributed by atoms with Gasteiger partial charge in [0.2, 0.25) is 0 Å². The molecule has 0 fully saturated rings. The average Bonchev–Trinajstić information content (AvgIpc) is 3.57. The van der Waals surface area contributed by atoms with Gasteiger partial charge >= 0.3 is 25.2 Å². The smallest absolute Gasteiger partial charge is 0.387 e. The number of hydrogen-bond acceptors (Lipinski definition) is 10. The Morgan fingerprint density at radius 3 is 1.86 bits per heavy atom. The monoisotopic (exact) mass is 620 g/mol. The summed E-state index contributed by atoms with van der Waals surface area (Å²) in [6.07, 6.45) is 4.38. The van der Waals surface area contributed by atoms with Gasteiger partial charge in [-0.15, -0.1) is 0 Å². The van der Waals surface area contributed by atoms with Crippen molar-refractivity contribution in [1.82, 2.24) is 9.97 Å². The second kappa shape index (κ2) is 12.0. The summed E-state index contributed by atoms with van der Waals surface area (Å²) >= 11 is 6.04. The van der Waals surface area contributed by atoms with E-state index in [1.165, 1.54) is 63.1 Å². The maximum absolute atomic E-state index is 12.5. The number of halogens is 5. The number of pyridine rings is 2. The van der Waals surface area contributed by atoms with Crippen LogP contribution in [-0.4, -0.2) is 49.3 Å². The maximum Gasteiger partial charge on any atom is 0.387 e. The number of rotatable bonds is 6. The molecular weight excluding hydrogens is 604 g/mol. The summed E-state index contributed by atoms with van der Waals surface area (Å²) in [7, 11) is 2.44. The highest BCUT2D eigenvalue weighted by atomic mass is 35.5. The molecular formula is C28H17ClF4N2O8. The van der Waals surface area contributed by atoms with Gasteiger partial charge in [-0.05, 0) is 36.4 Å². The van der Waals surface area contributed by atoms with Crippen molar-refractivity contribution in [2.45, 2.75) is 13.2 Å². The number of carbonyl (C=O) groups excluding carboxylic acids is 2. The van der Waals surface area contributed by atoms with Crippen LogP contribution in [0.5, 0.6) is 11.5 Å². The molecule has 4 heterocycles. The molecule has 15 heteroatoms. The first-order chi connectivity index (χ1) is 20.6. The molecule has 0 radical (unpaired) electrons. The lowest BCUT2D eigenvalue weighted by Gasteiger charge is -2.07. The highest BCUT2D eigenvalue weighted by molar-refractivity contribution is 6.37. The van der Waals surface area contributed by atoms with E-state index >= 15 is 0 Å². The number of nitrogens with zero attached hydrogens (tertiary/aromatic N) is 2. The van der Waals surface area contributed by atoms with Crippen molar-refractivity contribution < 1.29 is 54.9 Å². The van der Waals surface area contributed by atoms with Crippen molar-refractivity contribution in [3.63, 3.8) is 0 Å². The minimum Gasteiger partial charge on any atom is -0.465 e. The first-order valence-corrected chi connectivity index (χ1v) is 12.4. The fourth-order valence-corrected chi connectivity index (χ4v) is 4.64. The Labute approximate surface area is 242 Å². The number of fused-ring (bicyclic) bond motifs is 6. The molecule has 0 spiro atoms. The average molecular weight is 621 g/mol. The van der Waals surface area contributed by atoms with Crippen molar-refractivity contribution >= 4 is 67.4 Å². The second-order valence-corrected chi connectivity index (χ2v) is 8.78. The van der Waals surface area contributed by atoms with Crippen LogP contribution in [0.3, 0.4) is 0 Å². The fraction of sp³-hybridized carbons (Fsp3) is 0.143. The largest absolute Gasteiger partial charge is 0.465 e. The lowest BCUT2D eigenvalue weighted by Crippen LogP contribution is -2.05. The van der Waals surface area contributed by atoms with Crippen LogP contribution >= 0.6 is 11.6 Å². The molecule has 0 saturated carbocycles. The first kappa shape index (κ1) is 29.4. The fourth-order valence-electron chi connectivity index (χ4n) is 4.39. The molecule has 0 aliphatic heterocycles. The highest BCUT2D eigenvalue weighted by Gasteiger charge is 2.24. The van der Waals surface area contributed by atoms with Crippen LogP contribution < -0.4 is 9.47 Å². The quantitative estimate of drug-likeness (QED) is 0.106. The first-order valence-electron chi connectivity index (χ1n) is 12.0. The van der Waals surface area contributed by atoms with Gasteiger partial charge in [0.05, 0.1) is 30.7 Å². The van der Waals surface area contributed by atoms with Gasteiger partial charge in [-0.2, -0.15) is 17.6 Å². The Bertz CT molecular complexity index is 1990. The third kappa shape index (κ3) is 5.56. The summed E-state index contributed by atoms with van der Waals surface area (Å²) in [4.78, 5) is 31.6. The van der Waals surface area contributed by atoms with E-state index in [0.29, 0.717) is 27.3 Å². The molecule has 6 aromatic rings. The minimum absolute atomic E-state index is 0.0203. The summed E-state index contributed by atoms with van der Waals surface area (Å²) in [6, 6.07) is 8.20. The minimum atomic E-state index is -3.03. The zero-order valence-corrected chi connectivity index (χ0v) is 22.7. The van der Waals surface area contributed by atoms with E-state index in [1.807, 2.05) is 0 Å². The van der Waals surface area contributed by atoms with E-state index in [2.05, 4.69) is 19.4 Å². The van der Waals surface area contributed by atoms with Gasteiger partial charge in [0.25, 0.3) is 0 Å². The maximum atomic E-state index is 12.5. The number of benzene rings is 2. The predicted molar refractivity (Wildman–Crippen MR) is 144 cm³/mol. The zero-order valence-electron chi connectivity index (χ0n) is 21.9. The molecule has 0 N–H and O–H groups in total.